The van der Waals surface area contributed by atoms with E-state index in [2.05, 4.69) is 21.6 Å². The Hall–Kier alpha value is -2.87. The Morgan fingerprint density at radius 2 is 2.00 bits per heavy atom. The molecule has 1 atom stereocenters. The number of tetrazole rings is 1. The van der Waals surface area contributed by atoms with Crippen LogP contribution < -0.4 is 9.64 Å². The first-order chi connectivity index (χ1) is 14.2. The molecular formula is C21H23N5O2S. The van der Waals surface area contributed by atoms with E-state index >= 15 is 0 Å². The normalized spacial score (nSPS) is 14.3. The summed E-state index contributed by atoms with van der Waals surface area (Å²) in [5.74, 6) is 0.891. The van der Waals surface area contributed by atoms with Crippen LogP contribution in [0.5, 0.6) is 5.75 Å². The summed E-state index contributed by atoms with van der Waals surface area (Å²) in [5, 5.41) is 12.4. The molecule has 4 rings (SSSR count). The standard InChI is InChI=1S/C21H23N5O2S/c1-15(20(27)25-13-5-7-17-6-3-4-8-19(17)25)29-21-22-23-24-26(21)14-16-9-11-18(28-2)12-10-16/h3-4,6,8-12,15H,5,7,13-14H2,1-2H3. The van der Waals surface area contributed by atoms with E-state index in [4.69, 9.17) is 4.74 Å². The van der Waals surface area contributed by atoms with E-state index in [0.717, 1.165) is 36.4 Å². The van der Waals surface area contributed by atoms with E-state index < -0.39 is 0 Å². The highest BCUT2D eigenvalue weighted by Crippen LogP contribution is 2.30. The molecule has 29 heavy (non-hydrogen) atoms. The van der Waals surface area contributed by atoms with Crippen molar-refractivity contribution in [3.05, 3.63) is 59.7 Å². The number of benzene rings is 2. The molecule has 0 N–H and O–H groups in total. The van der Waals surface area contributed by atoms with Gasteiger partial charge in [-0.1, -0.05) is 42.1 Å². The SMILES string of the molecule is COc1ccc(Cn2nnnc2SC(C)C(=O)N2CCCc3ccccc32)cc1. The molecule has 0 radical (unpaired) electrons. The summed E-state index contributed by atoms with van der Waals surface area (Å²) in [4.78, 5) is 15.0. The summed E-state index contributed by atoms with van der Waals surface area (Å²) in [5.41, 5.74) is 3.31. The minimum absolute atomic E-state index is 0.0844. The number of carbonyl (C=O) groups is 1. The van der Waals surface area contributed by atoms with Gasteiger partial charge < -0.3 is 9.64 Å². The number of hydrogen-bond donors (Lipinski definition) is 0. The first-order valence-corrected chi connectivity index (χ1v) is 10.5. The fourth-order valence-electron chi connectivity index (χ4n) is 3.47. The molecule has 1 aliphatic heterocycles. The molecule has 0 saturated heterocycles. The third-order valence-corrected chi connectivity index (χ3v) is 6.06. The maximum atomic E-state index is 13.1. The number of para-hydroxylation sites is 1. The van der Waals surface area contributed by atoms with Gasteiger partial charge in [-0.15, -0.1) is 5.10 Å². The van der Waals surface area contributed by atoms with Crippen molar-refractivity contribution >= 4 is 23.4 Å². The molecule has 3 aromatic rings. The van der Waals surface area contributed by atoms with Gasteiger partial charge in [-0.05, 0) is 59.5 Å². The number of fused-ring (bicyclic) bond motifs is 1. The molecule has 8 heteroatoms. The number of rotatable bonds is 6. The number of nitrogens with zero attached hydrogens (tertiary/aromatic N) is 5. The van der Waals surface area contributed by atoms with Crippen LogP contribution in [0.25, 0.3) is 0 Å². The maximum absolute atomic E-state index is 13.1. The van der Waals surface area contributed by atoms with E-state index in [1.165, 1.54) is 17.3 Å². The predicted molar refractivity (Wildman–Crippen MR) is 112 cm³/mol. The molecule has 1 aliphatic rings. The third kappa shape index (κ3) is 4.27. The topological polar surface area (TPSA) is 73.1 Å². The highest BCUT2D eigenvalue weighted by molar-refractivity contribution is 8.00. The van der Waals surface area contributed by atoms with Gasteiger partial charge >= 0.3 is 0 Å². The molecule has 1 aromatic heterocycles. The van der Waals surface area contributed by atoms with Gasteiger partial charge in [-0.25, -0.2) is 4.68 Å². The van der Waals surface area contributed by atoms with E-state index in [-0.39, 0.29) is 11.2 Å². The zero-order valence-corrected chi connectivity index (χ0v) is 17.3. The summed E-state index contributed by atoms with van der Waals surface area (Å²) < 4.78 is 6.92. The van der Waals surface area contributed by atoms with E-state index in [0.29, 0.717) is 11.7 Å². The van der Waals surface area contributed by atoms with Crippen molar-refractivity contribution < 1.29 is 9.53 Å². The second kappa shape index (κ2) is 8.65. The van der Waals surface area contributed by atoms with Gasteiger partial charge in [0.25, 0.3) is 0 Å². The molecule has 7 nitrogen and oxygen atoms in total. The summed E-state index contributed by atoms with van der Waals surface area (Å²) in [6, 6.07) is 15.9. The summed E-state index contributed by atoms with van der Waals surface area (Å²) in [6.07, 6.45) is 2.00. The van der Waals surface area contributed by atoms with Gasteiger partial charge in [0.2, 0.25) is 11.1 Å². The molecule has 0 fully saturated rings. The highest BCUT2D eigenvalue weighted by Gasteiger charge is 2.28. The number of carbonyl (C=O) groups excluding carboxylic acids is 1. The Morgan fingerprint density at radius 3 is 2.79 bits per heavy atom. The molecule has 0 bridgehead atoms. The van der Waals surface area contributed by atoms with Crippen molar-refractivity contribution in [2.45, 2.75) is 36.7 Å². The van der Waals surface area contributed by atoms with Gasteiger partial charge in [-0.3, -0.25) is 4.79 Å². The second-order valence-corrected chi connectivity index (χ2v) is 8.26. The lowest BCUT2D eigenvalue weighted by molar-refractivity contribution is -0.117. The van der Waals surface area contributed by atoms with Crippen LogP contribution in [0.3, 0.4) is 0 Å². The number of aromatic nitrogens is 4. The molecule has 2 aromatic carbocycles. The van der Waals surface area contributed by atoms with E-state index in [1.807, 2.05) is 54.3 Å². The van der Waals surface area contributed by atoms with Crippen LogP contribution in [-0.4, -0.2) is 45.0 Å². The van der Waals surface area contributed by atoms with Gasteiger partial charge in [0.1, 0.15) is 5.75 Å². The van der Waals surface area contributed by atoms with Crippen LogP contribution in [0.4, 0.5) is 5.69 Å². The number of thioether (sulfide) groups is 1. The molecular weight excluding hydrogens is 386 g/mol. The Labute approximate surface area is 174 Å². The molecule has 1 unspecified atom stereocenters. The quantitative estimate of drug-likeness (QED) is 0.582. The smallest absolute Gasteiger partial charge is 0.240 e. The minimum Gasteiger partial charge on any atom is -0.497 e. The molecule has 1 amide bonds. The maximum Gasteiger partial charge on any atom is 0.240 e. The number of hydrogen-bond acceptors (Lipinski definition) is 6. The first-order valence-electron chi connectivity index (χ1n) is 9.61. The highest BCUT2D eigenvalue weighted by atomic mass is 32.2. The van der Waals surface area contributed by atoms with Crippen molar-refractivity contribution in [3.63, 3.8) is 0 Å². The van der Waals surface area contributed by atoms with Crippen LogP contribution in [0.1, 0.15) is 24.5 Å². The monoisotopic (exact) mass is 409 g/mol. The number of amides is 1. The Kier molecular flexibility index (Phi) is 5.80. The fourth-order valence-corrected chi connectivity index (χ4v) is 4.33. The van der Waals surface area contributed by atoms with E-state index in [9.17, 15) is 4.79 Å². The predicted octanol–water partition coefficient (Wildman–Crippen LogP) is 3.19. The second-order valence-electron chi connectivity index (χ2n) is 6.95. The number of aryl methyl sites for hydroxylation is 1. The third-order valence-electron chi connectivity index (χ3n) is 5.00. The van der Waals surface area contributed by atoms with Crippen molar-refractivity contribution in [3.8, 4) is 5.75 Å². The average molecular weight is 410 g/mol. The Morgan fingerprint density at radius 1 is 1.21 bits per heavy atom. The Bertz CT molecular complexity index is 989. The number of anilines is 1. The van der Waals surface area contributed by atoms with Crippen molar-refractivity contribution in [2.24, 2.45) is 0 Å². The lowest BCUT2D eigenvalue weighted by Gasteiger charge is -2.31. The largest absolute Gasteiger partial charge is 0.497 e. The van der Waals surface area contributed by atoms with Crippen molar-refractivity contribution in [1.82, 2.24) is 20.2 Å². The molecule has 150 valence electrons. The van der Waals surface area contributed by atoms with Crippen molar-refractivity contribution in [2.75, 3.05) is 18.6 Å². The summed E-state index contributed by atoms with van der Waals surface area (Å²) >= 11 is 1.39. The molecule has 0 spiro atoms. The number of methoxy groups -OCH3 is 1. The van der Waals surface area contributed by atoms with Gasteiger partial charge in [-0.2, -0.15) is 0 Å². The van der Waals surface area contributed by atoms with Gasteiger partial charge in [0.15, 0.2) is 0 Å². The summed E-state index contributed by atoms with van der Waals surface area (Å²) in [7, 11) is 1.64. The Balaban J connectivity index is 1.46. The lowest BCUT2D eigenvalue weighted by atomic mass is 10.0. The van der Waals surface area contributed by atoms with Gasteiger partial charge in [0.05, 0.1) is 18.9 Å². The van der Waals surface area contributed by atoms with Gasteiger partial charge in [0, 0.05) is 12.2 Å². The summed E-state index contributed by atoms with van der Waals surface area (Å²) in [6.45, 7) is 3.20. The van der Waals surface area contributed by atoms with Crippen LogP contribution in [-0.2, 0) is 17.8 Å². The lowest BCUT2D eigenvalue weighted by Crippen LogP contribution is -2.40. The van der Waals surface area contributed by atoms with Crippen LogP contribution in [0.15, 0.2) is 53.7 Å². The molecule has 2 heterocycles. The van der Waals surface area contributed by atoms with Crippen LogP contribution >= 0.6 is 11.8 Å². The molecule has 0 aliphatic carbocycles. The zero-order chi connectivity index (χ0) is 20.2. The average Bonchev–Trinajstić information content (AvgIpc) is 3.19. The van der Waals surface area contributed by atoms with Crippen molar-refractivity contribution in [1.29, 1.82) is 0 Å². The van der Waals surface area contributed by atoms with Crippen LogP contribution in [0, 0.1) is 0 Å². The molecule has 0 saturated carbocycles. The number of ether oxygens (including phenoxy) is 1. The first kappa shape index (κ1) is 19.4. The van der Waals surface area contributed by atoms with Crippen LogP contribution in [0.2, 0.25) is 0 Å². The van der Waals surface area contributed by atoms with E-state index in [1.54, 1.807) is 11.8 Å². The zero-order valence-electron chi connectivity index (χ0n) is 16.5. The minimum atomic E-state index is -0.290. The fraction of sp³-hybridized carbons (Fsp3) is 0.333.